The molecule has 1 atom stereocenters. The number of rotatable bonds is 3. The van der Waals surface area contributed by atoms with E-state index in [2.05, 4.69) is 22.3 Å². The maximum Gasteiger partial charge on any atom is 0.261 e. The van der Waals surface area contributed by atoms with Crippen molar-refractivity contribution >= 4 is 27.3 Å². The second kappa shape index (κ2) is 5.45. The minimum atomic E-state index is 0.0888. The highest BCUT2D eigenvalue weighted by atomic mass is 32.1. The van der Waals surface area contributed by atoms with E-state index in [4.69, 9.17) is 4.74 Å². The third kappa shape index (κ3) is 2.25. The molecule has 5 heteroatoms. The number of nitrogens with one attached hydrogen (secondary N) is 1. The molecule has 4 aliphatic rings. The lowest BCUT2D eigenvalue weighted by atomic mass is 9.77. The molecule has 132 valence electrons. The molecule has 1 aromatic heterocycles. The van der Waals surface area contributed by atoms with Gasteiger partial charge in [0.15, 0.2) is 0 Å². The summed E-state index contributed by atoms with van der Waals surface area (Å²) in [5.41, 5.74) is 1.39. The lowest BCUT2D eigenvalue weighted by Gasteiger charge is -2.52. The van der Waals surface area contributed by atoms with E-state index in [9.17, 15) is 4.79 Å². The minimum absolute atomic E-state index is 0.0888. The van der Waals surface area contributed by atoms with Gasteiger partial charge in [-0.3, -0.25) is 9.69 Å². The quantitative estimate of drug-likeness (QED) is 0.914. The van der Waals surface area contributed by atoms with Crippen LogP contribution in [0.25, 0.3) is 10.1 Å². The fourth-order valence-corrected chi connectivity index (χ4v) is 6.21. The highest BCUT2D eigenvalue weighted by Crippen LogP contribution is 2.53. The van der Waals surface area contributed by atoms with Crippen molar-refractivity contribution in [3.63, 3.8) is 0 Å². The van der Waals surface area contributed by atoms with Crippen molar-refractivity contribution in [2.75, 3.05) is 20.2 Å². The van der Waals surface area contributed by atoms with Crippen LogP contribution in [-0.4, -0.2) is 42.6 Å². The number of nitrogens with zero attached hydrogens (tertiary/aromatic N) is 1. The first kappa shape index (κ1) is 15.6. The van der Waals surface area contributed by atoms with Crippen LogP contribution in [0.5, 0.6) is 5.75 Å². The van der Waals surface area contributed by atoms with Crippen molar-refractivity contribution in [1.29, 1.82) is 0 Å². The number of piperidine rings is 3. The van der Waals surface area contributed by atoms with Crippen molar-refractivity contribution in [3.05, 3.63) is 28.6 Å². The van der Waals surface area contributed by atoms with Crippen molar-refractivity contribution in [2.24, 2.45) is 5.92 Å². The Bertz CT molecular complexity index is 847. The molecule has 6 rings (SSSR count). The van der Waals surface area contributed by atoms with E-state index < -0.39 is 0 Å². The number of methoxy groups -OCH3 is 1. The average molecular weight is 356 g/mol. The van der Waals surface area contributed by atoms with Gasteiger partial charge in [0.2, 0.25) is 0 Å². The fourth-order valence-electron chi connectivity index (χ4n) is 5.07. The van der Waals surface area contributed by atoms with Crippen LogP contribution in [0, 0.1) is 12.8 Å². The molecule has 1 amide bonds. The Kier molecular flexibility index (Phi) is 3.41. The Balaban J connectivity index is 1.44. The van der Waals surface area contributed by atoms with E-state index in [1.54, 1.807) is 18.4 Å². The molecule has 0 radical (unpaired) electrons. The molecular weight excluding hydrogens is 332 g/mol. The maximum absolute atomic E-state index is 13.0. The summed E-state index contributed by atoms with van der Waals surface area (Å²) in [6, 6.07) is 6.48. The molecule has 3 aliphatic heterocycles. The molecular formula is C20H24N2O2S. The molecule has 0 unspecified atom stereocenters. The van der Waals surface area contributed by atoms with E-state index in [0.29, 0.717) is 12.0 Å². The second-order valence-electron chi connectivity index (χ2n) is 7.82. The van der Waals surface area contributed by atoms with Gasteiger partial charge in [-0.25, -0.2) is 0 Å². The van der Waals surface area contributed by atoms with Crippen molar-refractivity contribution < 1.29 is 9.53 Å². The van der Waals surface area contributed by atoms with Crippen LogP contribution in [0.1, 0.15) is 40.9 Å². The third-order valence-electron chi connectivity index (χ3n) is 6.53. The van der Waals surface area contributed by atoms with Crippen molar-refractivity contribution in [1.82, 2.24) is 10.2 Å². The summed E-state index contributed by atoms with van der Waals surface area (Å²) in [6.45, 7) is 4.48. The standard InChI is InChI=1S/C20H24N2O2S/c1-12-3-4-14-11-15(25-17(14)16(12)24-2)19(23)21-18-13-5-9-22(10-6-13)20(18)7-8-20/h3-4,11,13,18H,5-10H2,1-2H3,(H,21,23)/t18-/m1/s1. The summed E-state index contributed by atoms with van der Waals surface area (Å²) in [6.07, 6.45) is 4.94. The molecule has 1 N–H and O–H groups in total. The first-order valence-electron chi connectivity index (χ1n) is 9.25. The molecule has 1 spiro atoms. The largest absolute Gasteiger partial charge is 0.495 e. The number of thiophene rings is 1. The summed E-state index contributed by atoms with van der Waals surface area (Å²) < 4.78 is 6.63. The Labute approximate surface area is 152 Å². The summed E-state index contributed by atoms with van der Waals surface area (Å²) in [5, 5.41) is 4.51. The van der Waals surface area contributed by atoms with Crippen LogP contribution < -0.4 is 10.1 Å². The monoisotopic (exact) mass is 356 g/mol. The van der Waals surface area contributed by atoms with Gasteiger partial charge < -0.3 is 10.1 Å². The van der Waals surface area contributed by atoms with Crippen LogP contribution in [0.3, 0.4) is 0 Å². The van der Waals surface area contributed by atoms with Gasteiger partial charge in [-0.05, 0) is 68.6 Å². The SMILES string of the molecule is COc1c(C)ccc2cc(C(=O)N[C@@H]3C4CCN(CC4)C34CC4)sc12. The topological polar surface area (TPSA) is 41.6 Å². The Morgan fingerprint density at radius 2 is 2.08 bits per heavy atom. The van der Waals surface area contributed by atoms with Crippen LogP contribution in [0.2, 0.25) is 0 Å². The summed E-state index contributed by atoms with van der Waals surface area (Å²) >= 11 is 1.55. The van der Waals surface area contributed by atoms with Gasteiger partial charge in [0.05, 0.1) is 22.7 Å². The number of fused-ring (bicyclic) bond motifs is 3. The average Bonchev–Trinajstić information content (AvgIpc) is 3.28. The van der Waals surface area contributed by atoms with Gasteiger partial charge in [-0.15, -0.1) is 11.3 Å². The number of benzene rings is 1. The molecule has 2 aromatic rings. The van der Waals surface area contributed by atoms with Crippen LogP contribution in [-0.2, 0) is 0 Å². The first-order valence-corrected chi connectivity index (χ1v) is 10.1. The molecule has 25 heavy (non-hydrogen) atoms. The van der Waals surface area contributed by atoms with Gasteiger partial charge in [0, 0.05) is 5.54 Å². The zero-order valence-corrected chi connectivity index (χ0v) is 15.6. The smallest absolute Gasteiger partial charge is 0.261 e. The molecule has 1 aliphatic carbocycles. The number of hydrogen-bond donors (Lipinski definition) is 1. The molecule has 1 saturated carbocycles. The van der Waals surface area contributed by atoms with E-state index in [1.807, 2.05) is 13.0 Å². The number of amides is 1. The van der Waals surface area contributed by atoms with Gasteiger partial charge in [-0.1, -0.05) is 12.1 Å². The summed E-state index contributed by atoms with van der Waals surface area (Å²) in [5.74, 6) is 1.64. The van der Waals surface area contributed by atoms with Crippen molar-refractivity contribution in [3.8, 4) is 5.75 Å². The number of carbonyl (C=O) groups is 1. The molecule has 4 heterocycles. The van der Waals surface area contributed by atoms with Crippen LogP contribution in [0.15, 0.2) is 18.2 Å². The van der Waals surface area contributed by atoms with Gasteiger partial charge in [0.25, 0.3) is 5.91 Å². The number of aryl methyl sites for hydroxylation is 1. The molecule has 3 saturated heterocycles. The predicted octanol–water partition coefficient (Wildman–Crippen LogP) is 3.57. The predicted molar refractivity (Wildman–Crippen MR) is 101 cm³/mol. The maximum atomic E-state index is 13.0. The highest BCUT2D eigenvalue weighted by Gasteiger charge is 2.60. The Morgan fingerprint density at radius 1 is 1.32 bits per heavy atom. The molecule has 1 aromatic carbocycles. The lowest BCUT2D eigenvalue weighted by Crippen LogP contribution is -2.65. The zero-order valence-electron chi connectivity index (χ0n) is 14.8. The zero-order chi connectivity index (χ0) is 17.2. The molecule has 4 nitrogen and oxygen atoms in total. The van der Waals surface area contributed by atoms with E-state index >= 15 is 0 Å². The number of hydrogen-bond acceptors (Lipinski definition) is 4. The molecule has 4 fully saturated rings. The number of carbonyl (C=O) groups excluding carboxylic acids is 1. The summed E-state index contributed by atoms with van der Waals surface area (Å²) in [4.78, 5) is 16.4. The van der Waals surface area contributed by atoms with E-state index in [1.165, 1.54) is 38.8 Å². The highest BCUT2D eigenvalue weighted by molar-refractivity contribution is 7.21. The molecule has 2 bridgehead atoms. The fraction of sp³-hybridized carbons (Fsp3) is 0.550. The van der Waals surface area contributed by atoms with Gasteiger partial charge >= 0.3 is 0 Å². The second-order valence-corrected chi connectivity index (χ2v) is 8.88. The van der Waals surface area contributed by atoms with Gasteiger partial charge in [-0.2, -0.15) is 0 Å². The summed E-state index contributed by atoms with van der Waals surface area (Å²) in [7, 11) is 1.70. The van der Waals surface area contributed by atoms with Crippen LogP contribution >= 0.6 is 11.3 Å². The lowest BCUT2D eigenvalue weighted by molar-refractivity contribution is -0.00138. The minimum Gasteiger partial charge on any atom is -0.495 e. The first-order chi connectivity index (χ1) is 12.1. The normalized spacial score (nSPS) is 29.1. The Morgan fingerprint density at radius 3 is 2.76 bits per heavy atom. The Hall–Kier alpha value is -1.59. The van der Waals surface area contributed by atoms with Crippen molar-refractivity contribution in [2.45, 2.75) is 44.2 Å². The van der Waals surface area contributed by atoms with Gasteiger partial charge in [0.1, 0.15) is 5.75 Å². The third-order valence-corrected chi connectivity index (χ3v) is 7.68. The number of ether oxygens (including phenoxy) is 1. The van der Waals surface area contributed by atoms with E-state index in [0.717, 1.165) is 26.3 Å². The van der Waals surface area contributed by atoms with Crippen LogP contribution in [0.4, 0.5) is 0 Å². The van der Waals surface area contributed by atoms with E-state index in [-0.39, 0.29) is 11.4 Å².